The van der Waals surface area contributed by atoms with Crippen molar-refractivity contribution in [2.75, 3.05) is 0 Å². The van der Waals surface area contributed by atoms with E-state index in [1.165, 1.54) is 0 Å². The van der Waals surface area contributed by atoms with Crippen molar-refractivity contribution in [3.05, 3.63) is 23.7 Å². The van der Waals surface area contributed by atoms with E-state index in [2.05, 4.69) is 23.0 Å². The lowest BCUT2D eigenvalue weighted by Crippen LogP contribution is -2.41. The highest BCUT2D eigenvalue weighted by molar-refractivity contribution is 6.55. The predicted octanol–water partition coefficient (Wildman–Crippen LogP) is 0.774. The second-order valence-corrected chi connectivity index (χ2v) is 6.67. The van der Waals surface area contributed by atoms with Crippen LogP contribution in [0.25, 0.3) is 0 Å². The van der Waals surface area contributed by atoms with Crippen LogP contribution in [0.1, 0.15) is 27.7 Å². The van der Waals surface area contributed by atoms with Gasteiger partial charge in [-0.15, -0.1) is 0 Å². The van der Waals surface area contributed by atoms with Gasteiger partial charge in [0.1, 0.15) is 6.29 Å². The lowest BCUT2D eigenvalue weighted by Gasteiger charge is -2.32. The van der Waals surface area contributed by atoms with E-state index in [4.69, 9.17) is 9.31 Å². The van der Waals surface area contributed by atoms with E-state index in [0.717, 1.165) is 11.8 Å². The summed E-state index contributed by atoms with van der Waals surface area (Å²) in [6, 6.07) is -0.0567. The fraction of sp³-hybridized carbons (Fsp3) is 0.643. The summed E-state index contributed by atoms with van der Waals surface area (Å²) in [4.78, 5) is 11.1. The van der Waals surface area contributed by atoms with Crippen molar-refractivity contribution in [1.29, 1.82) is 0 Å². The minimum Gasteiger partial charge on any atom is -0.399 e. The van der Waals surface area contributed by atoms with Gasteiger partial charge in [-0.3, -0.25) is 0 Å². The van der Waals surface area contributed by atoms with E-state index in [1.807, 2.05) is 33.8 Å². The Hall–Kier alpha value is -0.945. The van der Waals surface area contributed by atoms with Crippen molar-refractivity contribution in [3.8, 4) is 0 Å². The third kappa shape index (κ3) is 2.07. The molecule has 0 aromatic carbocycles. The van der Waals surface area contributed by atoms with Gasteiger partial charge in [0.15, 0.2) is 0 Å². The molecule has 2 fully saturated rings. The average molecular weight is 276 g/mol. The average Bonchev–Trinajstić information content (AvgIpc) is 2.87. The molecule has 0 aromatic rings. The zero-order valence-electron chi connectivity index (χ0n) is 12.3. The molecule has 2 heterocycles. The van der Waals surface area contributed by atoms with Gasteiger partial charge in [0.2, 0.25) is 0 Å². The monoisotopic (exact) mass is 276 g/mol. The normalized spacial score (nSPS) is 37.7. The van der Waals surface area contributed by atoms with Gasteiger partial charge in [-0.1, -0.05) is 18.2 Å². The second kappa shape index (κ2) is 4.53. The van der Waals surface area contributed by atoms with Crippen LogP contribution in [0.3, 0.4) is 0 Å². The highest BCUT2D eigenvalue weighted by atomic mass is 16.7. The largest absolute Gasteiger partial charge is 0.494 e. The molecule has 0 saturated carbocycles. The maximum Gasteiger partial charge on any atom is 0.494 e. The van der Waals surface area contributed by atoms with Gasteiger partial charge < -0.3 is 14.1 Å². The molecular weight excluding hydrogens is 255 g/mol. The SMILES string of the molecule is CC1(C)OB(C2=CC3C(C=O)NNC3C=C2)OC1(C)C. The summed E-state index contributed by atoms with van der Waals surface area (Å²) in [5.41, 5.74) is 6.40. The van der Waals surface area contributed by atoms with Crippen LogP contribution < -0.4 is 10.9 Å². The molecule has 0 aromatic heterocycles. The fourth-order valence-corrected chi connectivity index (χ4v) is 2.75. The van der Waals surface area contributed by atoms with E-state index < -0.39 is 0 Å². The van der Waals surface area contributed by atoms with E-state index in [9.17, 15) is 4.79 Å². The third-order valence-electron chi connectivity index (χ3n) is 4.80. The molecule has 3 aliphatic rings. The topological polar surface area (TPSA) is 59.6 Å². The number of carbonyl (C=O) groups excluding carboxylic acids is 1. The van der Waals surface area contributed by atoms with Crippen molar-refractivity contribution < 1.29 is 14.1 Å². The number of nitrogens with one attached hydrogen (secondary N) is 2. The maximum absolute atomic E-state index is 11.1. The summed E-state index contributed by atoms with van der Waals surface area (Å²) in [6.45, 7) is 8.15. The Morgan fingerprint density at radius 2 is 1.85 bits per heavy atom. The van der Waals surface area contributed by atoms with Crippen LogP contribution in [0.15, 0.2) is 23.7 Å². The van der Waals surface area contributed by atoms with Crippen molar-refractivity contribution in [1.82, 2.24) is 10.9 Å². The second-order valence-electron chi connectivity index (χ2n) is 6.67. The summed E-state index contributed by atoms with van der Waals surface area (Å²) < 4.78 is 12.1. The Labute approximate surface area is 119 Å². The smallest absolute Gasteiger partial charge is 0.399 e. The van der Waals surface area contributed by atoms with Crippen LogP contribution >= 0.6 is 0 Å². The number of hydrazine groups is 1. The number of fused-ring (bicyclic) bond motifs is 1. The minimum absolute atomic E-state index is 0.103. The number of carbonyl (C=O) groups is 1. The maximum atomic E-state index is 11.1. The van der Waals surface area contributed by atoms with Crippen LogP contribution in [-0.2, 0) is 14.1 Å². The third-order valence-corrected chi connectivity index (χ3v) is 4.80. The highest BCUT2D eigenvalue weighted by Crippen LogP contribution is 2.39. The van der Waals surface area contributed by atoms with Gasteiger partial charge in [0, 0.05) is 12.0 Å². The van der Waals surface area contributed by atoms with Gasteiger partial charge in [-0.2, -0.15) is 0 Å². The molecule has 6 heteroatoms. The van der Waals surface area contributed by atoms with Crippen molar-refractivity contribution in [3.63, 3.8) is 0 Å². The molecule has 20 heavy (non-hydrogen) atoms. The molecule has 0 radical (unpaired) electrons. The molecular formula is C14H21BN2O3. The Balaban J connectivity index is 1.82. The van der Waals surface area contributed by atoms with E-state index >= 15 is 0 Å². The first-order valence-corrected chi connectivity index (χ1v) is 7.06. The Morgan fingerprint density at radius 1 is 1.20 bits per heavy atom. The molecule has 1 aliphatic carbocycles. The molecule has 2 saturated heterocycles. The van der Waals surface area contributed by atoms with Crippen LogP contribution in [0.2, 0.25) is 0 Å². The molecule has 3 atom stereocenters. The molecule has 5 nitrogen and oxygen atoms in total. The molecule has 0 amide bonds. The van der Waals surface area contributed by atoms with E-state index in [0.29, 0.717) is 0 Å². The number of allylic oxidation sites excluding steroid dienone is 2. The standard InChI is InChI=1S/C14H21BN2O3/c1-13(2)14(3,4)20-15(19-13)9-5-6-11-10(7-9)12(8-18)17-16-11/h5-8,10-12,16-17H,1-4H3. The molecule has 2 aliphatic heterocycles. The zero-order valence-corrected chi connectivity index (χ0v) is 12.3. The first-order chi connectivity index (χ1) is 9.34. The van der Waals surface area contributed by atoms with Crippen LogP contribution in [-0.4, -0.2) is 36.7 Å². The molecule has 3 unspecified atom stereocenters. The Bertz CT molecular complexity index is 465. The Morgan fingerprint density at radius 3 is 2.45 bits per heavy atom. The summed E-state index contributed by atoms with van der Waals surface area (Å²) in [5.74, 6) is 0.103. The molecule has 3 rings (SSSR count). The summed E-state index contributed by atoms with van der Waals surface area (Å²) in [6.07, 6.45) is 7.10. The first-order valence-electron chi connectivity index (χ1n) is 7.06. The number of hydrogen-bond donors (Lipinski definition) is 2. The predicted molar refractivity (Wildman–Crippen MR) is 76.7 cm³/mol. The number of rotatable bonds is 2. The molecule has 108 valence electrons. The Kier molecular flexibility index (Phi) is 3.17. The van der Waals surface area contributed by atoms with Crippen LogP contribution in [0, 0.1) is 5.92 Å². The van der Waals surface area contributed by atoms with Gasteiger partial charge in [0.05, 0.1) is 17.2 Å². The summed E-state index contributed by atoms with van der Waals surface area (Å²) in [5, 5.41) is 0. The van der Waals surface area contributed by atoms with Gasteiger partial charge in [-0.05, 0) is 33.2 Å². The van der Waals surface area contributed by atoms with Gasteiger partial charge >= 0.3 is 7.12 Å². The number of aldehydes is 1. The first kappa shape index (κ1) is 14.0. The van der Waals surface area contributed by atoms with Crippen LogP contribution in [0.5, 0.6) is 0 Å². The lowest BCUT2D eigenvalue weighted by atomic mass is 9.72. The highest BCUT2D eigenvalue weighted by Gasteiger charge is 2.52. The van der Waals surface area contributed by atoms with E-state index in [-0.39, 0.29) is 36.3 Å². The summed E-state index contributed by atoms with van der Waals surface area (Å²) >= 11 is 0. The van der Waals surface area contributed by atoms with Crippen molar-refractivity contribution in [2.45, 2.75) is 51.0 Å². The molecule has 2 N–H and O–H groups in total. The number of hydrogen-bond acceptors (Lipinski definition) is 5. The molecule has 0 spiro atoms. The van der Waals surface area contributed by atoms with Crippen molar-refractivity contribution in [2.24, 2.45) is 5.92 Å². The molecule has 0 bridgehead atoms. The van der Waals surface area contributed by atoms with Crippen LogP contribution in [0.4, 0.5) is 0 Å². The van der Waals surface area contributed by atoms with Gasteiger partial charge in [-0.25, -0.2) is 10.9 Å². The fourth-order valence-electron chi connectivity index (χ4n) is 2.75. The van der Waals surface area contributed by atoms with E-state index in [1.54, 1.807) is 0 Å². The summed E-state index contributed by atoms with van der Waals surface area (Å²) in [7, 11) is -0.370. The minimum atomic E-state index is -0.370. The lowest BCUT2D eigenvalue weighted by molar-refractivity contribution is -0.109. The van der Waals surface area contributed by atoms with Gasteiger partial charge in [0.25, 0.3) is 0 Å². The van der Waals surface area contributed by atoms with Crippen molar-refractivity contribution >= 4 is 13.4 Å². The zero-order chi connectivity index (χ0) is 14.5. The quantitative estimate of drug-likeness (QED) is 0.576.